The minimum Gasteiger partial charge on any atom is -0.489 e. The number of carbonyl (C=O) groups is 1. The molecule has 7 heteroatoms. The van der Waals surface area contributed by atoms with Gasteiger partial charge in [-0.1, -0.05) is 11.6 Å². The molecule has 2 heterocycles. The second-order valence-corrected chi connectivity index (χ2v) is 5.87. The van der Waals surface area contributed by atoms with Crippen molar-refractivity contribution < 1.29 is 19.0 Å². The Morgan fingerprint density at radius 2 is 2.16 bits per heavy atom. The first kappa shape index (κ1) is 17.4. The molecule has 1 aliphatic rings. The predicted octanol–water partition coefficient (Wildman–Crippen LogP) is 3.69. The molecule has 0 unspecified atom stereocenters. The molecule has 0 amide bonds. The Hall–Kier alpha value is -2.47. The molecule has 0 radical (unpaired) electrons. The van der Waals surface area contributed by atoms with E-state index >= 15 is 0 Å². The lowest BCUT2D eigenvalue weighted by Gasteiger charge is -2.12. The zero-order valence-electron chi connectivity index (χ0n) is 13.9. The molecule has 3 rings (SSSR count). The van der Waals surface area contributed by atoms with E-state index in [4.69, 9.17) is 25.8 Å². The quantitative estimate of drug-likeness (QED) is 0.818. The van der Waals surface area contributed by atoms with Crippen LogP contribution in [0.5, 0.6) is 11.5 Å². The monoisotopic (exact) mass is 362 g/mol. The molecule has 6 nitrogen and oxygen atoms in total. The Balaban J connectivity index is 1.66. The number of nitrogens with zero attached hydrogens (tertiary/aromatic N) is 1. The van der Waals surface area contributed by atoms with E-state index in [0.717, 1.165) is 12.0 Å². The number of fused-ring (bicyclic) bond motifs is 1. The molecule has 0 atom stereocenters. The SMILES string of the molecule is CCOC(=O)c1ccc(NCc2cc(Cl)c3c(c2)OCCCO3)nc1. The Labute approximate surface area is 151 Å². The van der Waals surface area contributed by atoms with Gasteiger partial charge in [-0.05, 0) is 36.8 Å². The smallest absolute Gasteiger partial charge is 0.339 e. The second kappa shape index (κ2) is 8.07. The molecule has 0 fully saturated rings. The predicted molar refractivity (Wildman–Crippen MR) is 94.6 cm³/mol. The molecule has 1 N–H and O–H groups in total. The molecule has 1 aromatic carbocycles. The number of anilines is 1. The lowest BCUT2D eigenvalue weighted by atomic mass is 10.2. The topological polar surface area (TPSA) is 69.7 Å². The van der Waals surface area contributed by atoms with Crippen molar-refractivity contribution >= 4 is 23.4 Å². The zero-order valence-corrected chi connectivity index (χ0v) is 14.6. The standard InChI is InChI=1S/C18H19ClN2O4/c1-2-23-18(22)13-4-5-16(21-11-13)20-10-12-8-14(19)17-15(9-12)24-6-3-7-25-17/h4-5,8-9,11H,2-3,6-7,10H2,1H3,(H,20,21). The fraction of sp³-hybridized carbons (Fsp3) is 0.333. The van der Waals surface area contributed by atoms with Crippen LogP contribution in [0.25, 0.3) is 0 Å². The summed E-state index contributed by atoms with van der Waals surface area (Å²) >= 11 is 6.29. The summed E-state index contributed by atoms with van der Waals surface area (Å²) in [4.78, 5) is 15.8. The van der Waals surface area contributed by atoms with Gasteiger partial charge in [-0.25, -0.2) is 9.78 Å². The molecule has 0 saturated carbocycles. The minimum absolute atomic E-state index is 0.337. The van der Waals surface area contributed by atoms with Crippen LogP contribution in [0.1, 0.15) is 29.3 Å². The summed E-state index contributed by atoms with van der Waals surface area (Å²) in [6.07, 6.45) is 2.32. The van der Waals surface area contributed by atoms with Crippen LogP contribution >= 0.6 is 11.6 Å². The maximum atomic E-state index is 11.6. The average Bonchev–Trinajstić information content (AvgIpc) is 2.86. The summed E-state index contributed by atoms with van der Waals surface area (Å²) in [5.74, 6) is 1.53. The summed E-state index contributed by atoms with van der Waals surface area (Å²) in [5, 5.41) is 3.72. The van der Waals surface area contributed by atoms with Crippen molar-refractivity contribution in [1.29, 1.82) is 0 Å². The third-order valence-electron chi connectivity index (χ3n) is 3.61. The maximum Gasteiger partial charge on any atom is 0.339 e. The van der Waals surface area contributed by atoms with Crippen molar-refractivity contribution in [2.24, 2.45) is 0 Å². The number of benzene rings is 1. The highest BCUT2D eigenvalue weighted by atomic mass is 35.5. The molecule has 1 aromatic heterocycles. The van der Waals surface area contributed by atoms with E-state index in [1.165, 1.54) is 6.20 Å². The highest BCUT2D eigenvalue weighted by molar-refractivity contribution is 6.32. The molecule has 0 aliphatic carbocycles. The molecule has 25 heavy (non-hydrogen) atoms. The Bertz CT molecular complexity index is 749. The Kier molecular flexibility index (Phi) is 5.60. The van der Waals surface area contributed by atoms with Gasteiger partial charge in [0.05, 0.1) is 30.4 Å². The lowest BCUT2D eigenvalue weighted by molar-refractivity contribution is 0.0526. The van der Waals surface area contributed by atoms with Crippen LogP contribution < -0.4 is 14.8 Å². The third kappa shape index (κ3) is 4.33. The molecule has 2 aromatic rings. The summed E-state index contributed by atoms with van der Waals surface area (Å²) in [6.45, 7) is 3.83. The molecular weight excluding hydrogens is 344 g/mol. The molecule has 1 aliphatic heterocycles. The van der Waals surface area contributed by atoms with E-state index in [2.05, 4.69) is 10.3 Å². The number of nitrogens with one attached hydrogen (secondary N) is 1. The Morgan fingerprint density at radius 1 is 1.32 bits per heavy atom. The molecule has 0 spiro atoms. The molecule has 0 bridgehead atoms. The van der Waals surface area contributed by atoms with Crippen molar-refractivity contribution in [2.75, 3.05) is 25.1 Å². The average molecular weight is 363 g/mol. The van der Waals surface area contributed by atoms with Crippen molar-refractivity contribution in [1.82, 2.24) is 4.98 Å². The lowest BCUT2D eigenvalue weighted by Crippen LogP contribution is -2.06. The fourth-order valence-corrected chi connectivity index (χ4v) is 2.70. The van der Waals surface area contributed by atoms with Gasteiger partial charge in [0.25, 0.3) is 0 Å². The highest BCUT2D eigenvalue weighted by Crippen LogP contribution is 2.38. The van der Waals surface area contributed by atoms with Gasteiger partial charge in [0.1, 0.15) is 5.82 Å². The van der Waals surface area contributed by atoms with Gasteiger partial charge in [-0.2, -0.15) is 0 Å². The number of hydrogen-bond acceptors (Lipinski definition) is 6. The van der Waals surface area contributed by atoms with E-state index in [-0.39, 0.29) is 5.97 Å². The number of rotatable bonds is 5. The van der Waals surface area contributed by atoms with Gasteiger partial charge < -0.3 is 19.5 Å². The number of pyridine rings is 1. The third-order valence-corrected chi connectivity index (χ3v) is 3.89. The number of esters is 1. The molecule has 0 saturated heterocycles. The van der Waals surface area contributed by atoms with Gasteiger partial charge >= 0.3 is 5.97 Å². The van der Waals surface area contributed by atoms with Gasteiger partial charge in [-0.3, -0.25) is 0 Å². The van der Waals surface area contributed by atoms with Crippen LogP contribution in [0.15, 0.2) is 30.5 Å². The van der Waals surface area contributed by atoms with Gasteiger partial charge in [0.15, 0.2) is 11.5 Å². The largest absolute Gasteiger partial charge is 0.489 e. The van der Waals surface area contributed by atoms with Crippen LogP contribution in [0.4, 0.5) is 5.82 Å². The molecular formula is C18H19ClN2O4. The van der Waals surface area contributed by atoms with Gasteiger partial charge in [0, 0.05) is 19.2 Å². The van der Waals surface area contributed by atoms with E-state index in [1.807, 2.05) is 12.1 Å². The van der Waals surface area contributed by atoms with E-state index < -0.39 is 0 Å². The van der Waals surface area contributed by atoms with Crippen LogP contribution in [0.2, 0.25) is 5.02 Å². The van der Waals surface area contributed by atoms with Crippen LogP contribution in [-0.4, -0.2) is 30.8 Å². The van der Waals surface area contributed by atoms with Crippen molar-refractivity contribution in [3.8, 4) is 11.5 Å². The second-order valence-electron chi connectivity index (χ2n) is 5.46. The van der Waals surface area contributed by atoms with Crippen LogP contribution in [-0.2, 0) is 11.3 Å². The fourth-order valence-electron chi connectivity index (χ4n) is 2.41. The zero-order chi connectivity index (χ0) is 17.6. The summed E-state index contributed by atoms with van der Waals surface area (Å²) in [6, 6.07) is 7.16. The maximum absolute atomic E-state index is 11.6. The molecule has 132 valence electrons. The summed E-state index contributed by atoms with van der Waals surface area (Å²) < 4.78 is 16.2. The Morgan fingerprint density at radius 3 is 2.92 bits per heavy atom. The van der Waals surface area contributed by atoms with E-state index in [1.54, 1.807) is 19.1 Å². The summed E-state index contributed by atoms with van der Waals surface area (Å²) in [5.41, 5.74) is 1.37. The van der Waals surface area contributed by atoms with Crippen molar-refractivity contribution in [3.05, 3.63) is 46.6 Å². The first-order valence-electron chi connectivity index (χ1n) is 8.12. The van der Waals surface area contributed by atoms with Gasteiger partial charge in [0.2, 0.25) is 0 Å². The number of halogens is 1. The minimum atomic E-state index is -0.378. The van der Waals surface area contributed by atoms with Crippen molar-refractivity contribution in [2.45, 2.75) is 19.9 Å². The van der Waals surface area contributed by atoms with Crippen LogP contribution in [0, 0.1) is 0 Å². The van der Waals surface area contributed by atoms with Crippen LogP contribution in [0.3, 0.4) is 0 Å². The first-order chi connectivity index (χ1) is 12.2. The normalized spacial score (nSPS) is 13.0. The highest BCUT2D eigenvalue weighted by Gasteiger charge is 2.15. The number of carbonyl (C=O) groups excluding carboxylic acids is 1. The summed E-state index contributed by atoms with van der Waals surface area (Å²) in [7, 11) is 0. The van der Waals surface area contributed by atoms with E-state index in [9.17, 15) is 4.79 Å². The van der Waals surface area contributed by atoms with Gasteiger partial charge in [-0.15, -0.1) is 0 Å². The number of hydrogen-bond donors (Lipinski definition) is 1. The van der Waals surface area contributed by atoms with E-state index in [0.29, 0.717) is 54.3 Å². The number of ether oxygens (including phenoxy) is 3. The first-order valence-corrected chi connectivity index (χ1v) is 8.50. The number of aromatic nitrogens is 1. The van der Waals surface area contributed by atoms with Crippen molar-refractivity contribution in [3.63, 3.8) is 0 Å².